The van der Waals surface area contributed by atoms with Gasteiger partial charge in [-0.2, -0.15) is 0 Å². The van der Waals surface area contributed by atoms with Crippen molar-refractivity contribution in [3.63, 3.8) is 0 Å². The van der Waals surface area contributed by atoms with Crippen molar-refractivity contribution in [2.75, 3.05) is 38.2 Å². The lowest BCUT2D eigenvalue weighted by Crippen LogP contribution is -2.38. The Morgan fingerprint density at radius 2 is 2.04 bits per heavy atom. The molecule has 0 radical (unpaired) electrons. The first kappa shape index (κ1) is 17.6. The zero-order chi connectivity index (χ0) is 18.6. The standard InChI is InChI=1S/C20H24N4O3/c1-23(13-16-12-15-6-2-3-7-17(15)27-16)20(25)14-26-19-9-8-18(21-22-19)24-10-4-5-11-24/h2-3,6-9,16H,4-5,10-14H2,1H3. The van der Waals surface area contributed by atoms with Gasteiger partial charge in [0.05, 0.1) is 6.54 Å². The Labute approximate surface area is 158 Å². The second kappa shape index (κ2) is 7.82. The SMILES string of the molecule is CN(CC1Cc2ccccc2O1)C(=O)COc1ccc(N2CCCC2)nn1. The number of carbonyl (C=O) groups is 1. The second-order valence-electron chi connectivity index (χ2n) is 7.04. The molecular weight excluding hydrogens is 344 g/mol. The number of hydrogen-bond acceptors (Lipinski definition) is 6. The Kier molecular flexibility index (Phi) is 5.09. The van der Waals surface area contributed by atoms with Crippen LogP contribution in [0.1, 0.15) is 18.4 Å². The van der Waals surface area contributed by atoms with E-state index in [1.807, 2.05) is 24.3 Å². The maximum Gasteiger partial charge on any atom is 0.260 e. The lowest BCUT2D eigenvalue weighted by Gasteiger charge is -2.21. The monoisotopic (exact) mass is 368 g/mol. The van der Waals surface area contributed by atoms with Crippen LogP contribution in [0.2, 0.25) is 0 Å². The Morgan fingerprint density at radius 1 is 1.22 bits per heavy atom. The lowest BCUT2D eigenvalue weighted by atomic mass is 10.1. The summed E-state index contributed by atoms with van der Waals surface area (Å²) in [6.07, 6.45) is 3.18. The van der Waals surface area contributed by atoms with Gasteiger partial charge in [0.15, 0.2) is 12.4 Å². The highest BCUT2D eigenvalue weighted by Gasteiger charge is 2.25. The zero-order valence-corrected chi connectivity index (χ0v) is 15.5. The second-order valence-corrected chi connectivity index (χ2v) is 7.04. The molecule has 0 aliphatic carbocycles. The molecule has 0 N–H and O–H groups in total. The van der Waals surface area contributed by atoms with Crippen LogP contribution < -0.4 is 14.4 Å². The number of nitrogens with zero attached hydrogens (tertiary/aromatic N) is 4. The van der Waals surface area contributed by atoms with Gasteiger partial charge in [-0.05, 0) is 30.5 Å². The highest BCUT2D eigenvalue weighted by Crippen LogP contribution is 2.28. The minimum Gasteiger partial charge on any atom is -0.488 e. The van der Waals surface area contributed by atoms with E-state index in [2.05, 4.69) is 21.2 Å². The number of aromatic nitrogens is 2. The van der Waals surface area contributed by atoms with Crippen molar-refractivity contribution in [3.8, 4) is 11.6 Å². The van der Waals surface area contributed by atoms with Crippen LogP contribution in [0.3, 0.4) is 0 Å². The quantitative estimate of drug-likeness (QED) is 0.776. The number of hydrogen-bond donors (Lipinski definition) is 0. The molecule has 1 saturated heterocycles. The van der Waals surface area contributed by atoms with Gasteiger partial charge in [0.1, 0.15) is 11.9 Å². The number of fused-ring (bicyclic) bond motifs is 1. The first-order chi connectivity index (χ1) is 13.2. The van der Waals surface area contributed by atoms with Crippen molar-refractivity contribution in [2.24, 2.45) is 0 Å². The van der Waals surface area contributed by atoms with Crippen LogP contribution in [0.25, 0.3) is 0 Å². The van der Waals surface area contributed by atoms with E-state index in [0.717, 1.165) is 31.1 Å². The third kappa shape index (κ3) is 4.13. The molecule has 1 unspecified atom stereocenters. The predicted octanol–water partition coefficient (Wildman–Crippen LogP) is 1.92. The maximum atomic E-state index is 12.3. The van der Waals surface area contributed by atoms with Crippen LogP contribution >= 0.6 is 0 Å². The molecule has 1 aromatic carbocycles. The summed E-state index contributed by atoms with van der Waals surface area (Å²) < 4.78 is 11.4. The van der Waals surface area contributed by atoms with E-state index in [1.165, 1.54) is 18.4 Å². The van der Waals surface area contributed by atoms with Gasteiger partial charge in [-0.15, -0.1) is 10.2 Å². The number of amides is 1. The molecule has 1 aromatic heterocycles. The largest absolute Gasteiger partial charge is 0.488 e. The van der Waals surface area contributed by atoms with Gasteiger partial charge in [-0.25, -0.2) is 0 Å². The zero-order valence-electron chi connectivity index (χ0n) is 15.5. The summed E-state index contributed by atoms with van der Waals surface area (Å²) in [7, 11) is 1.76. The fourth-order valence-electron chi connectivity index (χ4n) is 3.51. The number of rotatable bonds is 6. The van der Waals surface area contributed by atoms with Crippen LogP contribution in [-0.2, 0) is 11.2 Å². The van der Waals surface area contributed by atoms with Gasteiger partial charge >= 0.3 is 0 Å². The summed E-state index contributed by atoms with van der Waals surface area (Å²) in [6, 6.07) is 11.6. The molecule has 0 spiro atoms. The number of carbonyl (C=O) groups excluding carboxylic acids is 1. The molecule has 4 rings (SSSR count). The number of benzene rings is 1. The summed E-state index contributed by atoms with van der Waals surface area (Å²) in [5.41, 5.74) is 1.19. The van der Waals surface area contributed by atoms with Gasteiger partial charge < -0.3 is 19.3 Å². The van der Waals surface area contributed by atoms with Crippen LogP contribution in [0.5, 0.6) is 11.6 Å². The topological polar surface area (TPSA) is 67.8 Å². The summed E-state index contributed by atoms with van der Waals surface area (Å²) in [5.74, 6) is 2.03. The van der Waals surface area contributed by atoms with Gasteiger partial charge in [0, 0.05) is 32.6 Å². The van der Waals surface area contributed by atoms with E-state index in [1.54, 1.807) is 18.0 Å². The van der Waals surface area contributed by atoms with E-state index in [4.69, 9.17) is 9.47 Å². The highest BCUT2D eigenvalue weighted by molar-refractivity contribution is 5.77. The summed E-state index contributed by atoms with van der Waals surface area (Å²) in [4.78, 5) is 16.2. The minimum absolute atomic E-state index is 0.0177. The molecule has 0 saturated carbocycles. The fourth-order valence-corrected chi connectivity index (χ4v) is 3.51. The van der Waals surface area contributed by atoms with E-state index >= 15 is 0 Å². The Balaban J connectivity index is 1.24. The third-order valence-electron chi connectivity index (χ3n) is 5.02. The van der Waals surface area contributed by atoms with E-state index in [9.17, 15) is 4.79 Å². The molecular formula is C20H24N4O3. The Morgan fingerprint density at radius 3 is 2.78 bits per heavy atom. The molecule has 27 heavy (non-hydrogen) atoms. The van der Waals surface area contributed by atoms with Crippen LogP contribution in [0.4, 0.5) is 5.82 Å². The smallest absolute Gasteiger partial charge is 0.260 e. The van der Waals surface area contributed by atoms with Gasteiger partial charge in [-0.3, -0.25) is 4.79 Å². The Hall–Kier alpha value is -2.83. The lowest BCUT2D eigenvalue weighted by molar-refractivity contribution is -0.133. The van der Waals surface area contributed by atoms with Gasteiger partial charge in [-0.1, -0.05) is 18.2 Å². The van der Waals surface area contributed by atoms with Crippen LogP contribution in [0.15, 0.2) is 36.4 Å². The van der Waals surface area contributed by atoms with E-state index < -0.39 is 0 Å². The molecule has 2 aliphatic heterocycles. The molecule has 7 nitrogen and oxygen atoms in total. The molecule has 1 atom stereocenters. The molecule has 142 valence electrons. The Bertz CT molecular complexity index is 765. The molecule has 0 bridgehead atoms. The summed E-state index contributed by atoms with van der Waals surface area (Å²) in [5, 5.41) is 8.27. The third-order valence-corrected chi connectivity index (χ3v) is 5.02. The van der Waals surface area contributed by atoms with Crippen molar-refractivity contribution in [1.82, 2.24) is 15.1 Å². The normalized spacial score (nSPS) is 18.1. The van der Waals surface area contributed by atoms with Crippen molar-refractivity contribution >= 4 is 11.7 Å². The average molecular weight is 368 g/mol. The molecule has 7 heteroatoms. The first-order valence-electron chi connectivity index (χ1n) is 9.39. The van der Waals surface area contributed by atoms with Gasteiger partial charge in [0.25, 0.3) is 5.91 Å². The van der Waals surface area contributed by atoms with Gasteiger partial charge in [0.2, 0.25) is 5.88 Å². The number of likely N-dealkylation sites (N-methyl/N-ethyl adjacent to an activating group) is 1. The number of anilines is 1. The number of para-hydroxylation sites is 1. The van der Waals surface area contributed by atoms with Crippen molar-refractivity contribution in [2.45, 2.75) is 25.4 Å². The van der Waals surface area contributed by atoms with E-state index in [-0.39, 0.29) is 18.6 Å². The fraction of sp³-hybridized carbons (Fsp3) is 0.450. The first-order valence-corrected chi connectivity index (χ1v) is 9.39. The predicted molar refractivity (Wildman–Crippen MR) is 101 cm³/mol. The summed E-state index contributed by atoms with van der Waals surface area (Å²) >= 11 is 0. The van der Waals surface area contributed by atoms with Crippen molar-refractivity contribution < 1.29 is 14.3 Å². The molecule has 1 fully saturated rings. The van der Waals surface area contributed by atoms with Crippen molar-refractivity contribution in [3.05, 3.63) is 42.0 Å². The summed E-state index contributed by atoms with van der Waals surface area (Å²) in [6.45, 7) is 2.50. The minimum atomic E-state index is -0.111. The molecule has 2 aliphatic rings. The average Bonchev–Trinajstić information content (AvgIpc) is 3.35. The van der Waals surface area contributed by atoms with Crippen LogP contribution in [-0.4, -0.2) is 60.4 Å². The van der Waals surface area contributed by atoms with E-state index in [0.29, 0.717) is 12.4 Å². The molecule has 1 amide bonds. The molecule has 3 heterocycles. The molecule has 2 aromatic rings. The van der Waals surface area contributed by atoms with Crippen LogP contribution in [0, 0.1) is 0 Å². The van der Waals surface area contributed by atoms with Crippen molar-refractivity contribution in [1.29, 1.82) is 0 Å². The number of ether oxygens (including phenoxy) is 2. The highest BCUT2D eigenvalue weighted by atomic mass is 16.5. The maximum absolute atomic E-state index is 12.3.